The molecule has 2 rings (SSSR count). The van der Waals surface area contributed by atoms with Crippen LogP contribution >= 0.6 is 23.1 Å². The van der Waals surface area contributed by atoms with Gasteiger partial charge in [0.15, 0.2) is 0 Å². The summed E-state index contributed by atoms with van der Waals surface area (Å²) in [5, 5.41) is 16.9. The quantitative estimate of drug-likeness (QED) is 0.225. The van der Waals surface area contributed by atoms with Gasteiger partial charge < -0.3 is 21.1 Å². The van der Waals surface area contributed by atoms with E-state index in [1.54, 1.807) is 23.5 Å². The van der Waals surface area contributed by atoms with Crippen LogP contribution in [0.1, 0.15) is 61.8 Å². The summed E-state index contributed by atoms with van der Waals surface area (Å²) in [5.41, 5.74) is 1.63. The number of carbonyl (C=O) groups excluding carboxylic acids is 3. The number of rotatable bonds is 16. The van der Waals surface area contributed by atoms with E-state index in [1.807, 2.05) is 32.9 Å². The predicted octanol–water partition coefficient (Wildman–Crippen LogP) is 4.11. The standard InChI is InChI=1S/C28H38BN3O5S2/c1-5-18(3)28(29,6-2)38-17-25(34)30-16-24(33)32-23(13-14-26(35)36)27(37)31-21-10-8-20(9-11-21)15-22-12-7-19(4)39-22/h7-12,18,23H,5-6,13-17H2,1-4H3,(H,30,34)(H,31,37)(H,32,33)(H,35,36)/t18?,23-,28?/m1/s1. The second kappa shape index (κ2) is 15.7. The minimum absolute atomic E-state index is 0.0897. The van der Waals surface area contributed by atoms with Crippen molar-refractivity contribution in [2.75, 3.05) is 17.6 Å². The number of carbonyl (C=O) groups is 4. The van der Waals surface area contributed by atoms with Crippen molar-refractivity contribution in [1.29, 1.82) is 0 Å². The molecule has 210 valence electrons. The van der Waals surface area contributed by atoms with Crippen molar-refractivity contribution in [1.82, 2.24) is 10.6 Å². The third kappa shape index (κ3) is 11.1. The fourth-order valence-electron chi connectivity index (χ4n) is 3.87. The lowest BCUT2D eigenvalue weighted by atomic mass is 9.73. The minimum Gasteiger partial charge on any atom is -0.481 e. The number of thioether (sulfide) groups is 1. The van der Waals surface area contributed by atoms with Crippen molar-refractivity contribution in [2.45, 2.75) is 70.5 Å². The van der Waals surface area contributed by atoms with E-state index >= 15 is 0 Å². The van der Waals surface area contributed by atoms with Crippen LogP contribution in [0.3, 0.4) is 0 Å². The van der Waals surface area contributed by atoms with Crippen LogP contribution in [0.4, 0.5) is 5.69 Å². The molecule has 4 N–H and O–H groups in total. The van der Waals surface area contributed by atoms with Crippen LogP contribution in [0.25, 0.3) is 0 Å². The average molecular weight is 572 g/mol. The van der Waals surface area contributed by atoms with E-state index in [0.29, 0.717) is 12.1 Å². The zero-order chi connectivity index (χ0) is 29.0. The van der Waals surface area contributed by atoms with Gasteiger partial charge in [-0.3, -0.25) is 19.2 Å². The lowest BCUT2D eigenvalue weighted by Gasteiger charge is -2.34. The SMILES string of the molecule is [B]C(CC)(SCC(=O)NCC(=O)N[C@H](CCC(=O)O)C(=O)Nc1ccc(Cc2ccc(C)s2)cc1)C(C)CC. The third-order valence-electron chi connectivity index (χ3n) is 6.61. The van der Waals surface area contributed by atoms with Crippen LogP contribution in [-0.4, -0.2) is 59.6 Å². The van der Waals surface area contributed by atoms with Gasteiger partial charge in [0.2, 0.25) is 17.7 Å². The van der Waals surface area contributed by atoms with Crippen LogP contribution in [0.2, 0.25) is 0 Å². The van der Waals surface area contributed by atoms with Crippen molar-refractivity contribution < 1.29 is 24.3 Å². The summed E-state index contributed by atoms with van der Waals surface area (Å²) in [6, 6.07) is 10.5. The van der Waals surface area contributed by atoms with Crippen molar-refractivity contribution >= 4 is 60.3 Å². The van der Waals surface area contributed by atoms with Crippen LogP contribution in [-0.2, 0) is 25.6 Å². The largest absolute Gasteiger partial charge is 0.481 e. The fourth-order valence-corrected chi connectivity index (χ4v) is 5.95. The zero-order valence-corrected chi connectivity index (χ0v) is 24.7. The molecular weight excluding hydrogens is 533 g/mol. The highest BCUT2D eigenvalue weighted by Gasteiger charge is 2.29. The van der Waals surface area contributed by atoms with E-state index in [2.05, 4.69) is 35.0 Å². The number of carboxylic acid groups (broad SMARTS) is 1. The fraction of sp³-hybridized carbons (Fsp3) is 0.500. The molecule has 3 atom stereocenters. The Balaban J connectivity index is 1.90. The second-order valence-corrected chi connectivity index (χ2v) is 12.3. The highest BCUT2D eigenvalue weighted by Crippen LogP contribution is 2.34. The maximum absolute atomic E-state index is 12.9. The molecule has 2 unspecified atom stereocenters. The van der Waals surface area contributed by atoms with Crippen molar-refractivity contribution in [3.05, 3.63) is 51.7 Å². The second-order valence-electron chi connectivity index (χ2n) is 9.61. The summed E-state index contributed by atoms with van der Waals surface area (Å²) in [5.74, 6) is -2.21. The molecule has 0 aliphatic heterocycles. The molecule has 2 aromatic rings. The first-order valence-corrected chi connectivity index (χ1v) is 14.9. The lowest BCUT2D eigenvalue weighted by molar-refractivity contribution is -0.137. The number of carboxylic acids is 1. The van der Waals surface area contributed by atoms with E-state index in [9.17, 15) is 19.2 Å². The van der Waals surface area contributed by atoms with Crippen LogP contribution in [0.5, 0.6) is 0 Å². The number of aliphatic carboxylic acids is 1. The number of nitrogens with one attached hydrogen (secondary N) is 3. The van der Waals surface area contributed by atoms with Gasteiger partial charge in [-0.2, -0.15) is 11.8 Å². The lowest BCUT2D eigenvalue weighted by Crippen LogP contribution is -2.48. The molecule has 1 aromatic heterocycles. The molecular formula is C28H38BN3O5S2. The number of anilines is 1. The maximum atomic E-state index is 12.9. The number of hydrogen-bond donors (Lipinski definition) is 4. The molecule has 8 nitrogen and oxygen atoms in total. The molecule has 1 aromatic carbocycles. The third-order valence-corrected chi connectivity index (χ3v) is 9.25. The van der Waals surface area contributed by atoms with E-state index < -0.39 is 28.5 Å². The van der Waals surface area contributed by atoms with Crippen LogP contribution in [0.15, 0.2) is 36.4 Å². The maximum Gasteiger partial charge on any atom is 0.303 e. The zero-order valence-electron chi connectivity index (χ0n) is 23.0. The Morgan fingerprint density at radius 2 is 1.77 bits per heavy atom. The van der Waals surface area contributed by atoms with Gasteiger partial charge in [-0.1, -0.05) is 39.3 Å². The van der Waals surface area contributed by atoms with E-state index in [-0.39, 0.29) is 37.0 Å². The molecule has 0 saturated heterocycles. The monoisotopic (exact) mass is 571 g/mol. The van der Waals surface area contributed by atoms with Gasteiger partial charge in [-0.05, 0) is 60.2 Å². The summed E-state index contributed by atoms with van der Waals surface area (Å²) in [6.45, 7) is 7.80. The molecule has 1 heterocycles. The van der Waals surface area contributed by atoms with E-state index in [0.717, 1.165) is 18.4 Å². The topological polar surface area (TPSA) is 125 Å². The number of amides is 3. The first-order chi connectivity index (χ1) is 18.4. The molecule has 0 spiro atoms. The first kappa shape index (κ1) is 32.4. The molecule has 11 heteroatoms. The molecule has 39 heavy (non-hydrogen) atoms. The van der Waals surface area contributed by atoms with E-state index in [4.69, 9.17) is 13.0 Å². The number of hydrogen-bond acceptors (Lipinski definition) is 6. The molecule has 2 radical (unpaired) electrons. The molecule has 0 saturated carbocycles. The summed E-state index contributed by atoms with van der Waals surface area (Å²) in [4.78, 5) is 51.3. The predicted molar refractivity (Wildman–Crippen MR) is 159 cm³/mol. The normalized spacial score (nSPS) is 14.1. The highest BCUT2D eigenvalue weighted by atomic mass is 32.2. The van der Waals surface area contributed by atoms with Crippen molar-refractivity contribution in [3.8, 4) is 0 Å². The molecule has 0 fully saturated rings. The molecule has 0 aliphatic rings. The molecule has 3 amide bonds. The van der Waals surface area contributed by atoms with Gasteiger partial charge >= 0.3 is 5.97 Å². The Bertz CT molecular complexity index is 1120. The Kier molecular flexibility index (Phi) is 13.1. The average Bonchev–Trinajstić information content (AvgIpc) is 3.32. The van der Waals surface area contributed by atoms with Gasteiger partial charge in [0, 0.05) is 28.3 Å². The smallest absolute Gasteiger partial charge is 0.303 e. The van der Waals surface area contributed by atoms with Crippen molar-refractivity contribution in [3.63, 3.8) is 0 Å². The highest BCUT2D eigenvalue weighted by molar-refractivity contribution is 8.02. The summed E-state index contributed by atoms with van der Waals surface area (Å²) in [6.07, 6.45) is 1.99. The first-order valence-electron chi connectivity index (χ1n) is 13.1. The Morgan fingerprint density at radius 3 is 2.33 bits per heavy atom. The number of aryl methyl sites for hydroxylation is 1. The van der Waals surface area contributed by atoms with Gasteiger partial charge in [-0.15, -0.1) is 11.3 Å². The summed E-state index contributed by atoms with van der Waals surface area (Å²) >= 11 is 3.09. The van der Waals surface area contributed by atoms with Crippen LogP contribution in [0, 0.1) is 12.8 Å². The number of benzene rings is 1. The van der Waals surface area contributed by atoms with Crippen LogP contribution < -0.4 is 16.0 Å². The van der Waals surface area contributed by atoms with Gasteiger partial charge in [0.1, 0.15) is 6.04 Å². The molecule has 0 bridgehead atoms. The van der Waals surface area contributed by atoms with Crippen molar-refractivity contribution in [2.24, 2.45) is 5.92 Å². The Morgan fingerprint density at radius 1 is 1.08 bits per heavy atom. The van der Waals surface area contributed by atoms with Gasteiger partial charge in [0.05, 0.1) is 20.1 Å². The summed E-state index contributed by atoms with van der Waals surface area (Å²) < 4.78 is -0.532. The minimum atomic E-state index is -1.08. The number of thiophene rings is 1. The van der Waals surface area contributed by atoms with E-state index in [1.165, 1.54) is 21.5 Å². The Hall–Kier alpha value is -2.79. The molecule has 0 aliphatic carbocycles. The van der Waals surface area contributed by atoms with Gasteiger partial charge in [-0.25, -0.2) is 0 Å². The summed E-state index contributed by atoms with van der Waals surface area (Å²) in [7, 11) is 6.43. The Labute approximate surface area is 240 Å². The van der Waals surface area contributed by atoms with Gasteiger partial charge in [0.25, 0.3) is 0 Å².